The first-order chi connectivity index (χ1) is 12.1. The molecule has 1 aromatic carbocycles. The second-order valence-electron chi connectivity index (χ2n) is 6.47. The lowest BCUT2D eigenvalue weighted by Crippen LogP contribution is -2.45. The number of rotatable bonds is 4. The van der Waals surface area contributed by atoms with Gasteiger partial charge >= 0.3 is 6.03 Å². The number of aromatic nitrogens is 2. The number of carbonyl (C=O) groups is 1. The summed E-state index contributed by atoms with van der Waals surface area (Å²) >= 11 is 0. The molecule has 2 aromatic rings. The minimum atomic E-state index is -0.107. The maximum Gasteiger partial charge on any atom is 0.322 e. The minimum absolute atomic E-state index is 0.0696. The number of anilines is 1. The number of hydrogen-bond donors (Lipinski definition) is 1. The lowest BCUT2D eigenvalue weighted by Gasteiger charge is -2.35. The van der Waals surface area contributed by atoms with Gasteiger partial charge < -0.3 is 15.0 Å². The van der Waals surface area contributed by atoms with Gasteiger partial charge in [0.2, 0.25) is 0 Å². The van der Waals surface area contributed by atoms with E-state index in [1.807, 2.05) is 46.8 Å². The van der Waals surface area contributed by atoms with Crippen molar-refractivity contribution in [2.75, 3.05) is 25.1 Å². The second kappa shape index (κ2) is 7.70. The third-order valence-corrected chi connectivity index (χ3v) is 4.87. The fourth-order valence-electron chi connectivity index (χ4n) is 3.15. The van der Waals surface area contributed by atoms with Gasteiger partial charge in [-0.15, -0.1) is 0 Å². The fraction of sp³-hybridized carbons (Fsp3) is 0.474. The molecular weight excluding hydrogens is 316 g/mol. The zero-order valence-electron chi connectivity index (χ0n) is 15.1. The molecule has 0 aliphatic carbocycles. The van der Waals surface area contributed by atoms with Gasteiger partial charge in [-0.1, -0.05) is 37.3 Å². The molecule has 134 valence electrons. The van der Waals surface area contributed by atoms with Gasteiger partial charge in [0, 0.05) is 12.6 Å². The number of ether oxygens (including phenoxy) is 1. The van der Waals surface area contributed by atoms with Crippen LogP contribution in [0.1, 0.15) is 43.6 Å². The van der Waals surface area contributed by atoms with E-state index < -0.39 is 0 Å². The Morgan fingerprint density at radius 1 is 1.40 bits per heavy atom. The Balaban J connectivity index is 1.76. The first-order valence-electron chi connectivity index (χ1n) is 8.86. The zero-order valence-corrected chi connectivity index (χ0v) is 15.1. The van der Waals surface area contributed by atoms with E-state index in [1.54, 1.807) is 6.20 Å². The van der Waals surface area contributed by atoms with Crippen molar-refractivity contribution in [3.05, 3.63) is 47.8 Å². The van der Waals surface area contributed by atoms with Gasteiger partial charge in [-0.25, -0.2) is 4.79 Å². The molecule has 1 aliphatic rings. The van der Waals surface area contributed by atoms with Crippen LogP contribution in [0, 0.1) is 6.92 Å². The van der Waals surface area contributed by atoms with Gasteiger partial charge in [0.15, 0.2) is 0 Å². The van der Waals surface area contributed by atoms with Crippen LogP contribution < -0.4 is 5.32 Å². The highest BCUT2D eigenvalue weighted by Crippen LogP contribution is 2.26. The van der Waals surface area contributed by atoms with Crippen LogP contribution in [0.15, 0.2) is 36.5 Å². The van der Waals surface area contributed by atoms with Crippen LogP contribution in [-0.4, -0.2) is 40.5 Å². The molecule has 1 N–H and O–H groups in total. The van der Waals surface area contributed by atoms with Crippen molar-refractivity contribution in [1.29, 1.82) is 0 Å². The fourth-order valence-corrected chi connectivity index (χ4v) is 3.15. The average molecular weight is 342 g/mol. The lowest BCUT2D eigenvalue weighted by molar-refractivity contribution is 0.0148. The summed E-state index contributed by atoms with van der Waals surface area (Å²) in [5.41, 5.74) is 2.83. The minimum Gasteiger partial charge on any atom is -0.377 e. The molecule has 25 heavy (non-hydrogen) atoms. The van der Waals surface area contributed by atoms with Crippen molar-refractivity contribution < 1.29 is 9.53 Å². The van der Waals surface area contributed by atoms with Crippen molar-refractivity contribution in [2.45, 2.75) is 39.3 Å². The highest BCUT2D eigenvalue weighted by molar-refractivity contribution is 5.90. The number of hydrogen-bond acceptors (Lipinski definition) is 3. The van der Waals surface area contributed by atoms with Crippen LogP contribution >= 0.6 is 0 Å². The normalized spacial score (nSPS) is 18.8. The highest BCUT2D eigenvalue weighted by atomic mass is 16.5. The predicted octanol–water partition coefficient (Wildman–Crippen LogP) is 3.77. The molecular formula is C19H26N4O2. The maximum atomic E-state index is 12.9. The third-order valence-electron chi connectivity index (χ3n) is 4.87. The first-order valence-corrected chi connectivity index (χ1v) is 8.86. The highest BCUT2D eigenvalue weighted by Gasteiger charge is 2.29. The van der Waals surface area contributed by atoms with Gasteiger partial charge in [-0.2, -0.15) is 5.10 Å². The van der Waals surface area contributed by atoms with Crippen LogP contribution in [0.4, 0.5) is 10.5 Å². The summed E-state index contributed by atoms with van der Waals surface area (Å²) in [6.45, 7) is 7.89. The number of amides is 2. The standard InChI is InChI=1S/C19H26N4O2/c1-4-14(2)23-15(3)17(12-20-23)21-19(24)22-10-11-25-13-18(22)16-8-6-5-7-9-16/h5-9,12,14,18H,4,10-11,13H2,1-3H3,(H,21,24). The van der Waals surface area contributed by atoms with E-state index in [-0.39, 0.29) is 12.1 Å². The Morgan fingerprint density at radius 3 is 2.88 bits per heavy atom. The molecule has 2 heterocycles. The molecule has 0 spiro atoms. The quantitative estimate of drug-likeness (QED) is 0.920. The zero-order chi connectivity index (χ0) is 17.8. The summed E-state index contributed by atoms with van der Waals surface area (Å²) in [4.78, 5) is 14.7. The molecule has 6 nitrogen and oxygen atoms in total. The molecule has 1 aromatic heterocycles. The topological polar surface area (TPSA) is 59.4 Å². The Morgan fingerprint density at radius 2 is 2.16 bits per heavy atom. The molecule has 6 heteroatoms. The van der Waals surface area contributed by atoms with Gasteiger partial charge in [0.25, 0.3) is 0 Å². The number of benzene rings is 1. The first kappa shape index (κ1) is 17.5. The van der Waals surface area contributed by atoms with Crippen molar-refractivity contribution in [3.8, 4) is 0 Å². The summed E-state index contributed by atoms with van der Waals surface area (Å²) in [6.07, 6.45) is 2.73. The van der Waals surface area contributed by atoms with Crippen LogP contribution in [0.25, 0.3) is 0 Å². The second-order valence-corrected chi connectivity index (χ2v) is 6.47. The van der Waals surface area contributed by atoms with Crippen molar-refractivity contribution in [2.24, 2.45) is 0 Å². The molecule has 2 atom stereocenters. The van der Waals surface area contributed by atoms with Crippen LogP contribution in [-0.2, 0) is 4.74 Å². The van der Waals surface area contributed by atoms with Gasteiger partial charge in [-0.05, 0) is 25.8 Å². The largest absolute Gasteiger partial charge is 0.377 e. The van der Waals surface area contributed by atoms with Crippen molar-refractivity contribution >= 4 is 11.7 Å². The molecule has 0 bridgehead atoms. The summed E-state index contributed by atoms with van der Waals surface area (Å²) in [7, 11) is 0. The van der Waals surface area contributed by atoms with E-state index in [2.05, 4.69) is 24.3 Å². The van der Waals surface area contributed by atoms with E-state index in [1.165, 1.54) is 0 Å². The number of urea groups is 1. The SMILES string of the molecule is CCC(C)n1ncc(NC(=O)N2CCOCC2c2ccccc2)c1C. The summed E-state index contributed by atoms with van der Waals surface area (Å²) < 4.78 is 7.56. The van der Waals surface area contributed by atoms with Crippen LogP contribution in [0.3, 0.4) is 0 Å². The van der Waals surface area contributed by atoms with Crippen LogP contribution in [0.2, 0.25) is 0 Å². The van der Waals surface area contributed by atoms with E-state index >= 15 is 0 Å². The van der Waals surface area contributed by atoms with Crippen LogP contribution in [0.5, 0.6) is 0 Å². The Kier molecular flexibility index (Phi) is 5.38. The van der Waals surface area contributed by atoms with E-state index in [0.717, 1.165) is 23.4 Å². The predicted molar refractivity (Wildman–Crippen MR) is 97.7 cm³/mol. The number of nitrogens with zero attached hydrogens (tertiary/aromatic N) is 3. The van der Waals surface area contributed by atoms with E-state index in [0.29, 0.717) is 25.8 Å². The summed E-state index contributed by atoms with van der Waals surface area (Å²) in [6, 6.07) is 10.2. The van der Waals surface area contributed by atoms with Gasteiger partial charge in [0.05, 0.1) is 36.8 Å². The molecule has 1 saturated heterocycles. The molecule has 1 aliphatic heterocycles. The molecule has 2 amide bonds. The summed E-state index contributed by atoms with van der Waals surface area (Å²) in [5.74, 6) is 0. The maximum absolute atomic E-state index is 12.9. The average Bonchev–Trinajstić information content (AvgIpc) is 3.02. The molecule has 0 radical (unpaired) electrons. The van der Waals surface area contributed by atoms with E-state index in [9.17, 15) is 4.79 Å². The smallest absolute Gasteiger partial charge is 0.322 e. The molecule has 3 rings (SSSR count). The third kappa shape index (κ3) is 3.69. The Labute approximate surface area is 148 Å². The molecule has 0 saturated carbocycles. The lowest BCUT2D eigenvalue weighted by atomic mass is 10.1. The Hall–Kier alpha value is -2.34. The monoisotopic (exact) mass is 342 g/mol. The number of nitrogens with one attached hydrogen (secondary N) is 1. The molecule has 1 fully saturated rings. The van der Waals surface area contributed by atoms with Crippen molar-refractivity contribution in [3.63, 3.8) is 0 Å². The van der Waals surface area contributed by atoms with Crippen molar-refractivity contribution in [1.82, 2.24) is 14.7 Å². The Bertz CT molecular complexity index is 713. The van der Waals surface area contributed by atoms with Gasteiger partial charge in [-0.3, -0.25) is 4.68 Å². The molecule has 2 unspecified atom stereocenters. The van der Waals surface area contributed by atoms with Gasteiger partial charge in [0.1, 0.15) is 0 Å². The number of morpholine rings is 1. The summed E-state index contributed by atoms with van der Waals surface area (Å²) in [5, 5.41) is 7.45. The van der Waals surface area contributed by atoms with E-state index in [4.69, 9.17) is 4.74 Å². The number of carbonyl (C=O) groups excluding carboxylic acids is 1.